The lowest BCUT2D eigenvalue weighted by molar-refractivity contribution is 0.960. The molecule has 0 atom stereocenters. The van der Waals surface area contributed by atoms with Crippen LogP contribution >= 0.6 is 11.3 Å². The van der Waals surface area contributed by atoms with E-state index in [-0.39, 0.29) is 5.56 Å². The van der Waals surface area contributed by atoms with Crippen LogP contribution in [-0.4, -0.2) is 10.2 Å². The predicted molar refractivity (Wildman–Crippen MR) is 62.4 cm³/mol. The van der Waals surface area contributed by atoms with Crippen molar-refractivity contribution in [2.45, 2.75) is 20.8 Å². The second-order valence-electron chi connectivity index (χ2n) is 3.58. The van der Waals surface area contributed by atoms with E-state index >= 15 is 0 Å². The lowest BCUT2D eigenvalue weighted by Gasteiger charge is -2.05. The predicted octanol–water partition coefficient (Wildman–Crippen LogP) is 2.42. The van der Waals surface area contributed by atoms with Crippen LogP contribution in [0.5, 0.6) is 0 Å². The number of aryl methyl sites for hydroxylation is 1. The van der Waals surface area contributed by atoms with Crippen molar-refractivity contribution in [3.63, 3.8) is 0 Å². The molecule has 0 spiro atoms. The average molecular weight is 220 g/mol. The first-order chi connectivity index (χ1) is 7.11. The highest BCUT2D eigenvalue weighted by molar-refractivity contribution is 7.13. The molecule has 0 aromatic carbocycles. The van der Waals surface area contributed by atoms with Gasteiger partial charge in [-0.3, -0.25) is 4.79 Å². The second kappa shape index (κ2) is 3.62. The summed E-state index contributed by atoms with van der Waals surface area (Å²) in [7, 11) is 0. The van der Waals surface area contributed by atoms with Crippen LogP contribution in [0.3, 0.4) is 0 Å². The van der Waals surface area contributed by atoms with Crippen LogP contribution in [0.15, 0.2) is 16.2 Å². The fourth-order valence-corrected chi connectivity index (χ4v) is 2.43. The van der Waals surface area contributed by atoms with Crippen molar-refractivity contribution in [1.82, 2.24) is 10.2 Å². The zero-order chi connectivity index (χ0) is 11.0. The van der Waals surface area contributed by atoms with Gasteiger partial charge in [0.1, 0.15) is 5.69 Å². The highest BCUT2D eigenvalue weighted by atomic mass is 32.1. The van der Waals surface area contributed by atoms with Crippen molar-refractivity contribution in [2.75, 3.05) is 0 Å². The Morgan fingerprint density at radius 2 is 2.00 bits per heavy atom. The molecule has 78 valence electrons. The van der Waals surface area contributed by atoms with Crippen LogP contribution in [0.1, 0.15) is 16.7 Å². The quantitative estimate of drug-likeness (QED) is 0.802. The summed E-state index contributed by atoms with van der Waals surface area (Å²) in [5.74, 6) is 0. The normalized spacial score (nSPS) is 10.6. The standard InChI is InChI=1S/C11H12N2OS/c1-6-4-5-15-10(6)9-7(2)8(3)11(14)13-12-9/h4-5H,1-3H3,(H,13,14). The van der Waals surface area contributed by atoms with E-state index < -0.39 is 0 Å². The molecule has 0 unspecified atom stereocenters. The van der Waals surface area contributed by atoms with E-state index in [1.165, 1.54) is 5.56 Å². The molecule has 2 aromatic rings. The van der Waals surface area contributed by atoms with E-state index in [0.29, 0.717) is 0 Å². The average Bonchev–Trinajstić information content (AvgIpc) is 2.62. The third kappa shape index (κ3) is 1.61. The van der Waals surface area contributed by atoms with Gasteiger partial charge in [0.15, 0.2) is 0 Å². The molecule has 0 saturated carbocycles. The van der Waals surface area contributed by atoms with Crippen LogP contribution in [0, 0.1) is 20.8 Å². The summed E-state index contributed by atoms with van der Waals surface area (Å²) in [5.41, 5.74) is 3.68. The van der Waals surface area contributed by atoms with Gasteiger partial charge in [-0.05, 0) is 43.3 Å². The maximum Gasteiger partial charge on any atom is 0.267 e. The second-order valence-corrected chi connectivity index (χ2v) is 4.50. The lowest BCUT2D eigenvalue weighted by atomic mass is 10.1. The van der Waals surface area contributed by atoms with Crippen LogP contribution in [-0.2, 0) is 0 Å². The first-order valence-electron chi connectivity index (χ1n) is 4.71. The Kier molecular flexibility index (Phi) is 2.44. The smallest absolute Gasteiger partial charge is 0.267 e. The Bertz CT molecular complexity index is 554. The molecule has 3 nitrogen and oxygen atoms in total. The van der Waals surface area contributed by atoms with Gasteiger partial charge >= 0.3 is 0 Å². The number of hydrogen-bond acceptors (Lipinski definition) is 3. The first-order valence-corrected chi connectivity index (χ1v) is 5.59. The summed E-state index contributed by atoms with van der Waals surface area (Å²) in [6.45, 7) is 5.81. The van der Waals surface area contributed by atoms with Crippen molar-refractivity contribution in [1.29, 1.82) is 0 Å². The third-order valence-corrected chi connectivity index (χ3v) is 3.63. The van der Waals surface area contributed by atoms with Gasteiger partial charge in [-0.25, -0.2) is 5.10 Å². The van der Waals surface area contributed by atoms with E-state index in [1.54, 1.807) is 11.3 Å². The molecule has 0 radical (unpaired) electrons. The van der Waals surface area contributed by atoms with E-state index in [4.69, 9.17) is 0 Å². The van der Waals surface area contributed by atoms with Gasteiger partial charge in [0.2, 0.25) is 0 Å². The monoisotopic (exact) mass is 220 g/mol. The van der Waals surface area contributed by atoms with Crippen molar-refractivity contribution in [3.05, 3.63) is 38.5 Å². The number of H-pyrrole nitrogens is 1. The number of rotatable bonds is 1. The number of hydrogen-bond donors (Lipinski definition) is 1. The Hall–Kier alpha value is -1.42. The van der Waals surface area contributed by atoms with Crippen LogP contribution in [0.2, 0.25) is 0 Å². The maximum atomic E-state index is 11.3. The summed E-state index contributed by atoms with van der Waals surface area (Å²) in [6, 6.07) is 2.06. The van der Waals surface area contributed by atoms with Crippen molar-refractivity contribution >= 4 is 11.3 Å². The van der Waals surface area contributed by atoms with E-state index in [1.807, 2.05) is 26.2 Å². The molecule has 0 saturated heterocycles. The SMILES string of the molecule is Cc1ccsc1-c1n[nH]c(=O)c(C)c1C. The Morgan fingerprint density at radius 1 is 1.27 bits per heavy atom. The summed E-state index contributed by atoms with van der Waals surface area (Å²) >= 11 is 1.65. The molecule has 0 amide bonds. The van der Waals surface area contributed by atoms with Gasteiger partial charge < -0.3 is 0 Å². The molecule has 2 rings (SSSR count). The highest BCUT2D eigenvalue weighted by Crippen LogP contribution is 2.29. The van der Waals surface area contributed by atoms with Crippen LogP contribution < -0.4 is 5.56 Å². The van der Waals surface area contributed by atoms with Gasteiger partial charge in [0, 0.05) is 5.56 Å². The number of nitrogens with one attached hydrogen (secondary N) is 1. The number of nitrogens with zero attached hydrogens (tertiary/aromatic N) is 1. The van der Waals surface area contributed by atoms with Gasteiger partial charge in [0.25, 0.3) is 5.56 Å². The Morgan fingerprint density at radius 3 is 2.60 bits per heavy atom. The third-order valence-electron chi connectivity index (χ3n) is 2.60. The zero-order valence-corrected chi connectivity index (χ0v) is 9.73. The molecule has 0 bridgehead atoms. The van der Waals surface area contributed by atoms with Crippen LogP contribution in [0.4, 0.5) is 0 Å². The molecule has 1 N–H and O–H groups in total. The zero-order valence-electron chi connectivity index (χ0n) is 8.92. The summed E-state index contributed by atoms with van der Waals surface area (Å²) in [5, 5.41) is 8.67. The minimum atomic E-state index is -0.106. The highest BCUT2D eigenvalue weighted by Gasteiger charge is 2.11. The first kappa shape index (κ1) is 10.1. The molecule has 2 aromatic heterocycles. The number of aromatic nitrogens is 2. The fourth-order valence-electron chi connectivity index (χ4n) is 1.46. The van der Waals surface area contributed by atoms with Crippen LogP contribution in [0.25, 0.3) is 10.6 Å². The molecule has 0 aliphatic rings. The van der Waals surface area contributed by atoms with E-state index in [9.17, 15) is 4.79 Å². The van der Waals surface area contributed by atoms with Gasteiger partial charge in [-0.1, -0.05) is 0 Å². The summed E-state index contributed by atoms with van der Waals surface area (Å²) in [4.78, 5) is 12.5. The number of thiophene rings is 1. The molecule has 0 aliphatic heterocycles. The molecular formula is C11H12N2OS. The largest absolute Gasteiger partial charge is 0.268 e. The minimum absolute atomic E-state index is 0.106. The lowest BCUT2D eigenvalue weighted by Crippen LogP contribution is -2.14. The molecule has 4 heteroatoms. The maximum absolute atomic E-state index is 11.3. The Labute approximate surface area is 91.8 Å². The topological polar surface area (TPSA) is 45.8 Å². The summed E-state index contributed by atoms with van der Waals surface area (Å²) in [6.07, 6.45) is 0. The molecule has 2 heterocycles. The Balaban J connectivity index is 2.70. The van der Waals surface area contributed by atoms with Crippen molar-refractivity contribution in [2.24, 2.45) is 0 Å². The molecule has 15 heavy (non-hydrogen) atoms. The van der Waals surface area contributed by atoms with Gasteiger partial charge in [-0.15, -0.1) is 11.3 Å². The molecule has 0 aliphatic carbocycles. The van der Waals surface area contributed by atoms with Crippen molar-refractivity contribution in [3.8, 4) is 10.6 Å². The summed E-state index contributed by atoms with van der Waals surface area (Å²) < 4.78 is 0. The van der Waals surface area contributed by atoms with E-state index in [2.05, 4.69) is 16.3 Å². The molecular weight excluding hydrogens is 208 g/mol. The van der Waals surface area contributed by atoms with Gasteiger partial charge in [0.05, 0.1) is 4.88 Å². The fraction of sp³-hybridized carbons (Fsp3) is 0.273. The number of aromatic amines is 1. The molecule has 0 fully saturated rings. The van der Waals surface area contributed by atoms with E-state index in [0.717, 1.165) is 21.7 Å². The van der Waals surface area contributed by atoms with Gasteiger partial charge in [-0.2, -0.15) is 5.10 Å². The minimum Gasteiger partial charge on any atom is -0.268 e. The van der Waals surface area contributed by atoms with Crippen molar-refractivity contribution < 1.29 is 0 Å².